The third-order valence-electron chi connectivity index (χ3n) is 7.54. The zero-order chi connectivity index (χ0) is 30.0. The van der Waals surface area contributed by atoms with Crippen LogP contribution in [-0.2, 0) is 11.3 Å². The van der Waals surface area contributed by atoms with Crippen LogP contribution in [0.1, 0.15) is 23.5 Å². The summed E-state index contributed by atoms with van der Waals surface area (Å²) in [5.41, 5.74) is 1.90. The van der Waals surface area contributed by atoms with E-state index in [-0.39, 0.29) is 31.8 Å². The Morgan fingerprint density at radius 3 is 2.16 bits per heavy atom. The third-order valence-corrected chi connectivity index (χ3v) is 7.54. The molecule has 1 amide bonds. The maximum Gasteiger partial charge on any atom is 0.407 e. The summed E-state index contributed by atoms with van der Waals surface area (Å²) in [6.45, 7) is 1.49. The van der Waals surface area contributed by atoms with Crippen molar-refractivity contribution in [3.8, 4) is 34.8 Å². The van der Waals surface area contributed by atoms with Crippen molar-refractivity contribution < 1.29 is 33.6 Å². The Balaban J connectivity index is 1.25. The zero-order valence-electron chi connectivity index (χ0n) is 24.3. The molecule has 1 aliphatic heterocycles. The summed E-state index contributed by atoms with van der Waals surface area (Å²) in [5.74, 6) is 8.86. The van der Waals surface area contributed by atoms with Gasteiger partial charge in [0, 0.05) is 28.8 Å². The predicted molar refractivity (Wildman–Crippen MR) is 164 cm³/mol. The Morgan fingerprint density at radius 2 is 1.51 bits per heavy atom. The van der Waals surface area contributed by atoms with Gasteiger partial charge in [-0.15, -0.1) is 0 Å². The highest BCUT2D eigenvalue weighted by molar-refractivity contribution is 5.94. The SMILES string of the molecule is COc1cc(COC2CN(C(=O)O)CCC2c2ccc(OCC#CCOc3ccccc3)cc2)c(OC)c2ccccc12. The number of ether oxygens (including phenoxy) is 5. The molecule has 222 valence electrons. The van der Waals surface area contributed by atoms with Gasteiger partial charge in [-0.2, -0.15) is 0 Å². The van der Waals surface area contributed by atoms with E-state index < -0.39 is 6.09 Å². The number of para-hydroxylation sites is 1. The lowest BCUT2D eigenvalue weighted by atomic mass is 9.87. The lowest BCUT2D eigenvalue weighted by molar-refractivity contribution is -0.0204. The fraction of sp³-hybridized carbons (Fsp3) is 0.286. The topological polar surface area (TPSA) is 86.7 Å². The predicted octanol–water partition coefficient (Wildman–Crippen LogP) is 6.37. The maximum atomic E-state index is 11.8. The van der Waals surface area contributed by atoms with E-state index >= 15 is 0 Å². The molecule has 43 heavy (non-hydrogen) atoms. The second kappa shape index (κ2) is 14.3. The van der Waals surface area contributed by atoms with Crippen LogP contribution < -0.4 is 18.9 Å². The summed E-state index contributed by atoms with van der Waals surface area (Å²) < 4.78 is 29.3. The van der Waals surface area contributed by atoms with Crippen molar-refractivity contribution in [2.75, 3.05) is 40.5 Å². The second-order valence-electron chi connectivity index (χ2n) is 10.1. The molecule has 5 rings (SSSR count). The number of methoxy groups -OCH3 is 2. The Bertz CT molecular complexity index is 1580. The number of amides is 1. The molecule has 4 aromatic rings. The quantitative estimate of drug-likeness (QED) is 0.218. The average Bonchev–Trinajstić information content (AvgIpc) is 3.05. The molecule has 8 nitrogen and oxygen atoms in total. The number of hydrogen-bond donors (Lipinski definition) is 1. The van der Waals surface area contributed by atoms with Crippen molar-refractivity contribution in [1.82, 2.24) is 4.90 Å². The number of fused-ring (bicyclic) bond motifs is 1. The van der Waals surface area contributed by atoms with Crippen molar-refractivity contribution in [2.24, 2.45) is 0 Å². The normalized spacial score (nSPS) is 16.2. The molecule has 1 N–H and O–H groups in total. The number of carboxylic acid groups (broad SMARTS) is 1. The molecule has 8 heteroatoms. The van der Waals surface area contributed by atoms with Gasteiger partial charge in [-0.25, -0.2) is 4.79 Å². The molecule has 1 aliphatic rings. The number of rotatable bonds is 10. The molecular formula is C35H35NO7. The molecule has 1 heterocycles. The van der Waals surface area contributed by atoms with Gasteiger partial charge in [-0.05, 0) is 42.3 Å². The maximum absolute atomic E-state index is 11.8. The molecule has 0 bridgehead atoms. The van der Waals surface area contributed by atoms with Crippen LogP contribution in [0.5, 0.6) is 23.0 Å². The largest absolute Gasteiger partial charge is 0.496 e. The Kier molecular flexibility index (Phi) is 9.88. The van der Waals surface area contributed by atoms with E-state index in [1.807, 2.05) is 84.9 Å². The summed E-state index contributed by atoms with van der Waals surface area (Å²) in [6.07, 6.45) is -0.660. The molecule has 2 unspecified atom stereocenters. The van der Waals surface area contributed by atoms with Crippen LogP contribution in [0.4, 0.5) is 4.79 Å². The summed E-state index contributed by atoms with van der Waals surface area (Å²) in [7, 11) is 3.28. The van der Waals surface area contributed by atoms with Gasteiger partial charge in [0.05, 0.1) is 33.5 Å². The molecule has 0 radical (unpaired) electrons. The van der Waals surface area contributed by atoms with Crippen LogP contribution in [-0.4, -0.2) is 62.7 Å². The summed E-state index contributed by atoms with van der Waals surface area (Å²) >= 11 is 0. The number of likely N-dealkylation sites (tertiary alicyclic amines) is 1. The van der Waals surface area contributed by atoms with Crippen molar-refractivity contribution >= 4 is 16.9 Å². The monoisotopic (exact) mass is 581 g/mol. The summed E-state index contributed by atoms with van der Waals surface area (Å²) in [4.78, 5) is 13.2. The fourth-order valence-electron chi connectivity index (χ4n) is 5.39. The van der Waals surface area contributed by atoms with Crippen LogP contribution in [0.3, 0.4) is 0 Å². The zero-order valence-corrected chi connectivity index (χ0v) is 24.3. The van der Waals surface area contributed by atoms with Crippen molar-refractivity contribution in [2.45, 2.75) is 25.0 Å². The van der Waals surface area contributed by atoms with E-state index in [1.54, 1.807) is 14.2 Å². The van der Waals surface area contributed by atoms with E-state index in [0.29, 0.717) is 25.3 Å². The minimum atomic E-state index is -0.948. The third kappa shape index (κ3) is 7.32. The molecule has 0 aromatic heterocycles. The molecule has 1 fully saturated rings. The molecule has 0 aliphatic carbocycles. The van der Waals surface area contributed by atoms with E-state index in [1.165, 1.54) is 4.90 Å². The van der Waals surface area contributed by atoms with Gasteiger partial charge in [0.25, 0.3) is 0 Å². The van der Waals surface area contributed by atoms with Gasteiger partial charge >= 0.3 is 6.09 Å². The van der Waals surface area contributed by atoms with Gasteiger partial charge in [0.2, 0.25) is 0 Å². The minimum absolute atomic E-state index is 0.00734. The van der Waals surface area contributed by atoms with Crippen LogP contribution in [0.25, 0.3) is 10.8 Å². The van der Waals surface area contributed by atoms with Crippen molar-refractivity contribution in [3.63, 3.8) is 0 Å². The van der Waals surface area contributed by atoms with Gasteiger partial charge < -0.3 is 33.7 Å². The van der Waals surface area contributed by atoms with Crippen molar-refractivity contribution in [3.05, 3.63) is 96.1 Å². The van der Waals surface area contributed by atoms with Gasteiger partial charge in [0.1, 0.15) is 36.2 Å². The first-order valence-electron chi connectivity index (χ1n) is 14.2. The van der Waals surface area contributed by atoms with Crippen LogP contribution in [0, 0.1) is 11.8 Å². The Labute approximate surface area is 251 Å². The average molecular weight is 582 g/mol. The highest BCUT2D eigenvalue weighted by Gasteiger charge is 2.33. The van der Waals surface area contributed by atoms with E-state index in [9.17, 15) is 9.90 Å². The number of hydrogen-bond acceptors (Lipinski definition) is 6. The molecule has 2 atom stereocenters. The van der Waals surface area contributed by atoms with Crippen LogP contribution in [0.2, 0.25) is 0 Å². The number of nitrogens with zero attached hydrogens (tertiary/aromatic N) is 1. The van der Waals surface area contributed by atoms with E-state index in [4.69, 9.17) is 23.7 Å². The van der Waals surface area contributed by atoms with E-state index in [0.717, 1.165) is 39.1 Å². The van der Waals surface area contributed by atoms with Crippen LogP contribution in [0.15, 0.2) is 84.9 Å². The van der Waals surface area contributed by atoms with Gasteiger partial charge in [-0.3, -0.25) is 0 Å². The number of benzene rings is 4. The van der Waals surface area contributed by atoms with Gasteiger partial charge in [0.15, 0.2) is 0 Å². The van der Waals surface area contributed by atoms with Crippen LogP contribution >= 0.6 is 0 Å². The minimum Gasteiger partial charge on any atom is -0.496 e. The smallest absolute Gasteiger partial charge is 0.407 e. The highest BCUT2D eigenvalue weighted by Crippen LogP contribution is 2.38. The Morgan fingerprint density at radius 1 is 0.860 bits per heavy atom. The first kappa shape index (κ1) is 29.6. The lowest BCUT2D eigenvalue weighted by Gasteiger charge is -2.37. The highest BCUT2D eigenvalue weighted by atomic mass is 16.5. The summed E-state index contributed by atoms with van der Waals surface area (Å²) in [5, 5.41) is 11.6. The Hall–Kier alpha value is -4.87. The second-order valence-corrected chi connectivity index (χ2v) is 10.1. The number of piperidine rings is 1. The van der Waals surface area contributed by atoms with Gasteiger partial charge in [-0.1, -0.05) is 66.4 Å². The first-order valence-corrected chi connectivity index (χ1v) is 14.2. The molecule has 0 saturated carbocycles. The first-order chi connectivity index (χ1) is 21.1. The standard InChI is InChI=1S/C35H35NO7/c1-39-32-22-26(34(40-2)31-13-7-6-12-30(31)32)24-43-33-23-36(35(37)38)19-18-29(33)25-14-16-28(17-15-25)42-21-9-8-20-41-27-10-4-3-5-11-27/h3-7,10-17,22,29,33H,18-21,23-24H2,1-2H3,(H,37,38). The fourth-order valence-corrected chi connectivity index (χ4v) is 5.39. The van der Waals surface area contributed by atoms with Crippen molar-refractivity contribution in [1.29, 1.82) is 0 Å². The lowest BCUT2D eigenvalue weighted by Crippen LogP contribution is -2.46. The molecule has 1 saturated heterocycles. The molecular weight excluding hydrogens is 546 g/mol. The number of carbonyl (C=O) groups is 1. The summed E-state index contributed by atoms with van der Waals surface area (Å²) in [6, 6.07) is 27.2. The molecule has 0 spiro atoms. The van der Waals surface area contributed by atoms with E-state index in [2.05, 4.69) is 11.8 Å². The molecule has 4 aromatic carbocycles.